The van der Waals surface area contributed by atoms with Crippen LogP contribution in [0.15, 0.2) is 54.6 Å². The number of Topliss-reactive ketones (excluding diaryl/α,β-unsaturated/α-hetero) is 1. The van der Waals surface area contributed by atoms with Gasteiger partial charge in [0.1, 0.15) is 0 Å². The molecule has 0 aliphatic carbocycles. The fourth-order valence-corrected chi connectivity index (χ4v) is 4.97. The Morgan fingerprint density at radius 3 is 1.33 bits per heavy atom. The van der Waals surface area contributed by atoms with Gasteiger partial charge >= 0.3 is 0 Å². The lowest BCUT2D eigenvalue weighted by Crippen LogP contribution is -2.20. The number of hydrogen-bond acceptors (Lipinski definition) is 1. The van der Waals surface area contributed by atoms with E-state index in [2.05, 4.69) is 40.9 Å². The van der Waals surface area contributed by atoms with E-state index in [1.165, 1.54) is 88.2 Å². The zero-order valence-corrected chi connectivity index (χ0v) is 22.3. The normalized spacial score (nSPS) is 11.5. The number of allylic oxidation sites excluding steroid dienone is 2. The summed E-state index contributed by atoms with van der Waals surface area (Å²) < 4.78 is 0. The van der Waals surface area contributed by atoms with Crippen LogP contribution in [0, 0.1) is 17.8 Å². The monoisotopic (exact) mass is 452 g/mol. The highest BCUT2D eigenvalue weighted by Crippen LogP contribution is 2.34. The van der Waals surface area contributed by atoms with Crippen LogP contribution in [0.1, 0.15) is 128 Å². The summed E-state index contributed by atoms with van der Waals surface area (Å²) in [4.78, 5) is 13.6. The summed E-state index contributed by atoms with van der Waals surface area (Å²) in [5.41, 5.74) is 3.41. The predicted octanol–water partition coefficient (Wildman–Crippen LogP) is 10.4. The predicted molar refractivity (Wildman–Crippen MR) is 147 cm³/mol. The van der Waals surface area contributed by atoms with Gasteiger partial charge in [-0.2, -0.15) is 0 Å². The molecule has 0 bridgehead atoms. The van der Waals surface area contributed by atoms with E-state index in [1.807, 2.05) is 30.3 Å². The quantitative estimate of drug-likeness (QED) is 0.142. The van der Waals surface area contributed by atoms with E-state index in [4.69, 9.17) is 0 Å². The Bertz CT molecular complexity index is 621. The molecule has 0 radical (unpaired) electrons. The maximum absolute atomic E-state index is 13.6. The summed E-state index contributed by atoms with van der Waals surface area (Å²) in [5.74, 6) is 1.32. The molecule has 186 valence electrons. The molecule has 0 aromatic heterocycles. The Morgan fingerprint density at radius 2 is 1.00 bits per heavy atom. The van der Waals surface area contributed by atoms with E-state index in [0.29, 0.717) is 11.8 Å². The maximum Gasteiger partial charge on any atom is 0.166 e. The van der Waals surface area contributed by atoms with Crippen molar-refractivity contribution in [1.82, 2.24) is 0 Å². The highest BCUT2D eigenvalue weighted by molar-refractivity contribution is 5.98. The summed E-state index contributed by atoms with van der Waals surface area (Å²) in [6, 6.07) is 9.88. The molecule has 33 heavy (non-hydrogen) atoms. The van der Waals surface area contributed by atoms with Crippen molar-refractivity contribution < 1.29 is 4.79 Å². The van der Waals surface area contributed by atoms with Gasteiger partial charge in [-0.15, -0.1) is 0 Å². The van der Waals surface area contributed by atoms with Crippen LogP contribution in [0.2, 0.25) is 0 Å². The van der Waals surface area contributed by atoms with Crippen molar-refractivity contribution in [2.45, 2.75) is 118 Å². The molecule has 1 aromatic carbocycles. The smallest absolute Gasteiger partial charge is 0.166 e. The molecule has 0 saturated heterocycles. The van der Waals surface area contributed by atoms with Crippen molar-refractivity contribution in [3.63, 3.8) is 0 Å². The van der Waals surface area contributed by atoms with Gasteiger partial charge < -0.3 is 0 Å². The SMILES string of the molecule is C=C(CC(CC(=C)C(CCCC)CCCC)C(=O)c1ccccc1)C(CCCC)CCCC. The lowest BCUT2D eigenvalue weighted by Gasteiger charge is -2.27. The molecule has 1 nitrogen and oxygen atoms in total. The van der Waals surface area contributed by atoms with Crippen LogP contribution < -0.4 is 0 Å². The van der Waals surface area contributed by atoms with Gasteiger partial charge in [-0.25, -0.2) is 0 Å². The van der Waals surface area contributed by atoms with Gasteiger partial charge in [0.25, 0.3) is 0 Å². The summed E-state index contributed by atoms with van der Waals surface area (Å²) in [7, 11) is 0. The first-order chi connectivity index (χ1) is 16.0. The molecule has 0 aliphatic rings. The van der Waals surface area contributed by atoms with Crippen molar-refractivity contribution in [2.75, 3.05) is 0 Å². The first kappa shape index (κ1) is 29.4. The molecule has 0 atom stereocenters. The molecule has 0 aliphatic heterocycles. The Kier molecular flexibility index (Phi) is 15.9. The number of ketones is 1. The van der Waals surface area contributed by atoms with E-state index in [1.54, 1.807) is 0 Å². The second kappa shape index (κ2) is 17.8. The Labute approximate surface area is 206 Å². The van der Waals surface area contributed by atoms with Crippen LogP contribution in [0.4, 0.5) is 0 Å². The van der Waals surface area contributed by atoms with Crippen LogP contribution in [0.5, 0.6) is 0 Å². The van der Waals surface area contributed by atoms with Crippen LogP contribution in [-0.4, -0.2) is 5.78 Å². The largest absolute Gasteiger partial charge is 0.294 e. The minimum Gasteiger partial charge on any atom is -0.294 e. The first-order valence-corrected chi connectivity index (χ1v) is 13.9. The van der Waals surface area contributed by atoms with Gasteiger partial charge in [0.2, 0.25) is 0 Å². The van der Waals surface area contributed by atoms with Crippen LogP contribution in [-0.2, 0) is 0 Å². The van der Waals surface area contributed by atoms with E-state index < -0.39 is 0 Å². The third-order valence-electron chi connectivity index (χ3n) is 7.23. The zero-order valence-electron chi connectivity index (χ0n) is 22.3. The molecular weight excluding hydrogens is 400 g/mol. The molecular formula is C32H52O. The number of carbonyl (C=O) groups is 1. The van der Waals surface area contributed by atoms with Crippen molar-refractivity contribution in [3.8, 4) is 0 Å². The lowest BCUT2D eigenvalue weighted by atomic mass is 9.77. The number of hydrogen-bond donors (Lipinski definition) is 0. The minimum atomic E-state index is -0.0380. The third kappa shape index (κ3) is 11.4. The molecule has 0 heterocycles. The molecule has 0 amide bonds. The van der Waals surface area contributed by atoms with Crippen molar-refractivity contribution in [1.29, 1.82) is 0 Å². The van der Waals surface area contributed by atoms with Crippen LogP contribution in [0.25, 0.3) is 0 Å². The highest BCUT2D eigenvalue weighted by atomic mass is 16.1. The standard InChI is InChI=1S/C32H52O/c1-7-11-18-28(19-12-8-2)26(5)24-31(32(33)30-22-16-15-17-23-30)25-27(6)29(20-13-9-3)21-14-10-4/h15-17,22-23,28-29,31H,5-14,18-21,24-25H2,1-4H3. The Hall–Kier alpha value is -1.63. The molecule has 1 rings (SSSR count). The zero-order chi connectivity index (χ0) is 24.5. The van der Waals surface area contributed by atoms with Gasteiger partial charge in [0, 0.05) is 11.5 Å². The Balaban J connectivity index is 3.05. The summed E-state index contributed by atoms with van der Waals surface area (Å²) in [6.07, 6.45) is 16.3. The Morgan fingerprint density at radius 1 is 0.636 bits per heavy atom. The molecule has 1 aromatic rings. The number of unbranched alkanes of at least 4 members (excludes halogenated alkanes) is 4. The molecule has 0 N–H and O–H groups in total. The van der Waals surface area contributed by atoms with Gasteiger partial charge in [0.15, 0.2) is 5.78 Å². The molecule has 0 saturated carbocycles. The van der Waals surface area contributed by atoms with Crippen molar-refractivity contribution in [2.24, 2.45) is 17.8 Å². The number of carbonyl (C=O) groups excluding carboxylic acids is 1. The van der Waals surface area contributed by atoms with Crippen LogP contribution in [0.3, 0.4) is 0 Å². The number of benzene rings is 1. The fraction of sp³-hybridized carbons (Fsp3) is 0.656. The van der Waals surface area contributed by atoms with Gasteiger partial charge in [-0.05, 0) is 50.4 Å². The summed E-state index contributed by atoms with van der Waals surface area (Å²) in [6.45, 7) is 18.1. The third-order valence-corrected chi connectivity index (χ3v) is 7.23. The molecule has 0 fully saturated rings. The summed E-state index contributed by atoms with van der Waals surface area (Å²) >= 11 is 0. The highest BCUT2D eigenvalue weighted by Gasteiger charge is 2.26. The maximum atomic E-state index is 13.6. The average molecular weight is 453 g/mol. The average Bonchev–Trinajstić information content (AvgIpc) is 2.83. The van der Waals surface area contributed by atoms with E-state index in [-0.39, 0.29) is 11.7 Å². The lowest BCUT2D eigenvalue weighted by molar-refractivity contribution is 0.0914. The van der Waals surface area contributed by atoms with Gasteiger partial charge in [0.05, 0.1) is 0 Å². The topological polar surface area (TPSA) is 17.1 Å². The summed E-state index contributed by atoms with van der Waals surface area (Å²) in [5, 5.41) is 0. The number of rotatable bonds is 20. The first-order valence-electron chi connectivity index (χ1n) is 13.9. The van der Waals surface area contributed by atoms with E-state index in [9.17, 15) is 4.79 Å². The van der Waals surface area contributed by atoms with Crippen molar-refractivity contribution >= 4 is 5.78 Å². The van der Waals surface area contributed by atoms with E-state index in [0.717, 1.165) is 18.4 Å². The van der Waals surface area contributed by atoms with E-state index >= 15 is 0 Å². The molecule has 1 heteroatoms. The molecule has 0 unspecified atom stereocenters. The fourth-order valence-electron chi connectivity index (χ4n) is 4.97. The van der Waals surface area contributed by atoms with Gasteiger partial charge in [-0.3, -0.25) is 4.79 Å². The van der Waals surface area contributed by atoms with Gasteiger partial charge in [-0.1, -0.05) is 134 Å². The van der Waals surface area contributed by atoms with Crippen molar-refractivity contribution in [3.05, 3.63) is 60.2 Å². The van der Waals surface area contributed by atoms with Crippen LogP contribution >= 0.6 is 0 Å². The minimum absolute atomic E-state index is 0.0380. The second-order valence-electron chi connectivity index (χ2n) is 10.1. The second-order valence-corrected chi connectivity index (χ2v) is 10.1. The molecule has 0 spiro atoms.